The molecular weight excluding hydrogens is 344 g/mol. The van der Waals surface area contributed by atoms with Gasteiger partial charge < -0.3 is 10.0 Å². The van der Waals surface area contributed by atoms with Crippen molar-refractivity contribution in [3.8, 4) is 5.75 Å². The summed E-state index contributed by atoms with van der Waals surface area (Å²) in [6.45, 7) is 4.78. The molecule has 1 aromatic heterocycles. The summed E-state index contributed by atoms with van der Waals surface area (Å²) in [6.07, 6.45) is 1.73. The molecule has 1 unspecified atom stereocenters. The lowest BCUT2D eigenvalue weighted by Crippen LogP contribution is -2.36. The van der Waals surface area contributed by atoms with Crippen molar-refractivity contribution >= 4 is 30.1 Å². The van der Waals surface area contributed by atoms with E-state index in [1.165, 1.54) is 0 Å². The molecule has 2 heterocycles. The van der Waals surface area contributed by atoms with Gasteiger partial charge in [-0.25, -0.2) is 4.98 Å². The second kappa shape index (κ2) is 6.91. The number of aromatic nitrogens is 1. The van der Waals surface area contributed by atoms with Crippen LogP contribution in [0.5, 0.6) is 5.75 Å². The number of thiol groups is 1. The number of halogens is 1. The maximum absolute atomic E-state index is 10.3. The van der Waals surface area contributed by atoms with Gasteiger partial charge in [-0.05, 0) is 35.2 Å². The number of phenols is 1. The van der Waals surface area contributed by atoms with Crippen LogP contribution >= 0.6 is 24.2 Å². The molecule has 3 rings (SSSR count). The lowest BCUT2D eigenvalue weighted by atomic mass is 9.99. The standard InChI is InChI=1S/C17H19ClN4OS/c1-10(2)12-4-5-14(23)13(7-12)16-20-21-17(24)22(16)9-11-3-6-15(18)19-8-11/h3-8,10,17,21,23-24H,9H2,1-2H3. The lowest BCUT2D eigenvalue weighted by molar-refractivity contribution is 0.386. The molecule has 24 heavy (non-hydrogen) atoms. The summed E-state index contributed by atoms with van der Waals surface area (Å²) in [5.74, 6) is 1.21. The Bertz CT molecular complexity index is 764. The number of benzene rings is 1. The fraction of sp³-hybridized carbons (Fsp3) is 0.294. The van der Waals surface area contributed by atoms with Crippen LogP contribution < -0.4 is 5.43 Å². The van der Waals surface area contributed by atoms with Crippen LogP contribution in [0.25, 0.3) is 0 Å². The number of hydrazone groups is 1. The molecule has 0 fully saturated rings. The van der Waals surface area contributed by atoms with E-state index in [2.05, 4.69) is 42.0 Å². The van der Waals surface area contributed by atoms with Crippen molar-refractivity contribution in [2.45, 2.75) is 31.8 Å². The second-order valence-corrected chi connectivity index (χ2v) is 6.86. The van der Waals surface area contributed by atoms with Gasteiger partial charge in [-0.2, -0.15) is 5.10 Å². The van der Waals surface area contributed by atoms with Crippen molar-refractivity contribution in [3.05, 3.63) is 58.4 Å². The molecular formula is C17H19ClN4OS. The quantitative estimate of drug-likeness (QED) is 0.575. The average molecular weight is 363 g/mol. The molecule has 2 N–H and O–H groups in total. The van der Waals surface area contributed by atoms with Crippen LogP contribution in [-0.2, 0) is 6.54 Å². The van der Waals surface area contributed by atoms with Gasteiger partial charge in [0.1, 0.15) is 10.9 Å². The minimum absolute atomic E-state index is 0.196. The van der Waals surface area contributed by atoms with Crippen molar-refractivity contribution in [2.24, 2.45) is 5.10 Å². The Balaban J connectivity index is 1.92. The van der Waals surface area contributed by atoms with Gasteiger partial charge in [-0.1, -0.05) is 37.6 Å². The molecule has 0 amide bonds. The number of nitrogens with zero attached hydrogens (tertiary/aromatic N) is 3. The molecule has 7 heteroatoms. The van der Waals surface area contributed by atoms with Gasteiger partial charge in [0.15, 0.2) is 11.3 Å². The molecule has 126 valence electrons. The van der Waals surface area contributed by atoms with Gasteiger partial charge in [0.05, 0.1) is 5.56 Å². The van der Waals surface area contributed by atoms with Crippen molar-refractivity contribution in [3.63, 3.8) is 0 Å². The zero-order chi connectivity index (χ0) is 17.3. The Kier molecular flexibility index (Phi) is 4.87. The molecule has 0 bridgehead atoms. The van der Waals surface area contributed by atoms with E-state index in [0.29, 0.717) is 29.0 Å². The zero-order valence-electron chi connectivity index (χ0n) is 13.4. The van der Waals surface area contributed by atoms with Gasteiger partial charge in [-0.3, -0.25) is 5.43 Å². The largest absolute Gasteiger partial charge is 0.507 e. The van der Waals surface area contributed by atoms with Gasteiger partial charge in [0.2, 0.25) is 0 Å². The summed E-state index contributed by atoms with van der Waals surface area (Å²) in [6, 6.07) is 9.27. The number of nitrogens with one attached hydrogen (secondary N) is 1. The van der Waals surface area contributed by atoms with E-state index in [1.54, 1.807) is 18.3 Å². The van der Waals surface area contributed by atoms with Crippen LogP contribution in [0.2, 0.25) is 5.15 Å². The highest BCUT2D eigenvalue weighted by molar-refractivity contribution is 7.80. The van der Waals surface area contributed by atoms with Crippen molar-refractivity contribution in [1.29, 1.82) is 0 Å². The number of aromatic hydroxyl groups is 1. The molecule has 2 aromatic rings. The molecule has 0 saturated carbocycles. The van der Waals surface area contributed by atoms with Gasteiger partial charge in [-0.15, -0.1) is 12.6 Å². The lowest BCUT2D eigenvalue weighted by Gasteiger charge is -2.24. The molecule has 0 radical (unpaired) electrons. The Morgan fingerprint density at radius 3 is 2.79 bits per heavy atom. The number of hydrogen-bond donors (Lipinski definition) is 3. The summed E-state index contributed by atoms with van der Waals surface area (Å²) >= 11 is 10.4. The predicted octanol–water partition coefficient (Wildman–Crippen LogP) is 3.54. The third-order valence-electron chi connectivity index (χ3n) is 3.92. The Morgan fingerprint density at radius 1 is 1.33 bits per heavy atom. The van der Waals surface area contributed by atoms with E-state index >= 15 is 0 Å². The van der Waals surface area contributed by atoms with Crippen molar-refractivity contribution in [1.82, 2.24) is 15.3 Å². The number of phenolic OH excluding ortho intramolecular Hbond substituents is 1. The number of hydrogen-bond acceptors (Lipinski definition) is 6. The fourth-order valence-electron chi connectivity index (χ4n) is 2.53. The first-order valence-electron chi connectivity index (χ1n) is 7.67. The first-order chi connectivity index (χ1) is 11.5. The van der Waals surface area contributed by atoms with Gasteiger partial charge in [0.25, 0.3) is 0 Å². The highest BCUT2D eigenvalue weighted by Crippen LogP contribution is 2.28. The van der Waals surface area contributed by atoms with Crippen LogP contribution in [0.4, 0.5) is 0 Å². The first-order valence-corrected chi connectivity index (χ1v) is 8.57. The highest BCUT2D eigenvalue weighted by atomic mass is 35.5. The normalized spacial score (nSPS) is 17.1. The first kappa shape index (κ1) is 16.9. The van der Waals surface area contributed by atoms with Crippen LogP contribution in [0.15, 0.2) is 41.6 Å². The Hall–Kier alpha value is -1.92. The van der Waals surface area contributed by atoms with E-state index < -0.39 is 0 Å². The summed E-state index contributed by atoms with van der Waals surface area (Å²) in [5.41, 5.74) is 5.47. The highest BCUT2D eigenvalue weighted by Gasteiger charge is 2.28. The molecule has 0 spiro atoms. The molecule has 1 aromatic carbocycles. The van der Waals surface area contributed by atoms with Crippen LogP contribution in [0.1, 0.15) is 36.5 Å². The maximum atomic E-state index is 10.3. The summed E-state index contributed by atoms with van der Waals surface area (Å²) in [4.78, 5) is 6.07. The minimum atomic E-state index is -0.280. The fourth-order valence-corrected chi connectivity index (χ4v) is 2.89. The van der Waals surface area contributed by atoms with Crippen LogP contribution in [-0.4, -0.2) is 26.3 Å². The molecule has 0 aliphatic carbocycles. The van der Waals surface area contributed by atoms with Crippen LogP contribution in [0.3, 0.4) is 0 Å². The molecule has 1 aliphatic rings. The molecule has 1 aliphatic heterocycles. The van der Waals surface area contributed by atoms with Gasteiger partial charge >= 0.3 is 0 Å². The topological polar surface area (TPSA) is 60.8 Å². The average Bonchev–Trinajstić information content (AvgIpc) is 2.91. The summed E-state index contributed by atoms with van der Waals surface area (Å²) in [5, 5.41) is 15.1. The minimum Gasteiger partial charge on any atom is -0.507 e. The molecule has 1 atom stereocenters. The third kappa shape index (κ3) is 3.44. The van der Waals surface area contributed by atoms with Crippen molar-refractivity contribution < 1.29 is 5.11 Å². The molecule has 5 nitrogen and oxygen atoms in total. The maximum Gasteiger partial charge on any atom is 0.162 e. The van der Waals surface area contributed by atoms with E-state index in [0.717, 1.165) is 11.1 Å². The summed E-state index contributed by atoms with van der Waals surface area (Å²) < 4.78 is 0. The Labute approximate surface area is 151 Å². The van der Waals surface area contributed by atoms with E-state index in [1.807, 2.05) is 23.1 Å². The SMILES string of the molecule is CC(C)c1ccc(O)c(C2=NNC(S)N2Cc2ccc(Cl)nc2)c1. The van der Waals surface area contributed by atoms with E-state index in [4.69, 9.17) is 11.6 Å². The van der Waals surface area contributed by atoms with E-state index in [9.17, 15) is 5.11 Å². The second-order valence-electron chi connectivity index (χ2n) is 5.99. The summed E-state index contributed by atoms with van der Waals surface area (Å²) in [7, 11) is 0. The van der Waals surface area contributed by atoms with Crippen molar-refractivity contribution in [2.75, 3.05) is 0 Å². The number of amidine groups is 1. The molecule has 0 saturated heterocycles. The number of rotatable bonds is 4. The Morgan fingerprint density at radius 2 is 2.12 bits per heavy atom. The van der Waals surface area contributed by atoms with E-state index in [-0.39, 0.29) is 11.2 Å². The van der Waals surface area contributed by atoms with Gasteiger partial charge in [0, 0.05) is 12.7 Å². The van der Waals surface area contributed by atoms with Crippen LogP contribution in [0, 0.1) is 0 Å². The third-order valence-corrected chi connectivity index (χ3v) is 4.54. The zero-order valence-corrected chi connectivity index (χ0v) is 15.1. The predicted molar refractivity (Wildman–Crippen MR) is 99.4 cm³/mol. The smallest absolute Gasteiger partial charge is 0.162 e. The monoisotopic (exact) mass is 362 g/mol. The number of pyridine rings is 1.